The van der Waals surface area contributed by atoms with Gasteiger partial charge in [0.2, 0.25) is 17.7 Å². The Labute approximate surface area is 162 Å². The van der Waals surface area contributed by atoms with E-state index in [-0.39, 0.29) is 24.2 Å². The minimum atomic E-state index is -0.184. The number of benzene rings is 1. The van der Waals surface area contributed by atoms with E-state index in [1.807, 2.05) is 12.1 Å². The second-order valence-electron chi connectivity index (χ2n) is 6.59. The number of rotatable bonds is 6. The number of nitrogens with one attached hydrogen (secondary N) is 1. The number of halogens is 1. The van der Waals surface area contributed by atoms with E-state index in [9.17, 15) is 9.59 Å². The fourth-order valence-electron chi connectivity index (χ4n) is 3.14. The van der Waals surface area contributed by atoms with Crippen LogP contribution in [0, 0.1) is 5.92 Å². The molecule has 1 unspecified atom stereocenters. The van der Waals surface area contributed by atoms with Crippen molar-refractivity contribution < 1.29 is 14.0 Å². The second kappa shape index (κ2) is 9.01. The van der Waals surface area contributed by atoms with Gasteiger partial charge in [-0.25, -0.2) is 4.98 Å². The van der Waals surface area contributed by atoms with Crippen LogP contribution in [0.15, 0.2) is 34.9 Å². The number of hydrogen-bond acceptors (Lipinski definition) is 5. The van der Waals surface area contributed by atoms with Crippen LogP contribution >= 0.6 is 11.6 Å². The van der Waals surface area contributed by atoms with Crippen LogP contribution in [0.4, 0.5) is 0 Å². The Balaban J connectivity index is 1.58. The first kappa shape index (κ1) is 19.4. The van der Waals surface area contributed by atoms with Gasteiger partial charge in [0.1, 0.15) is 6.26 Å². The van der Waals surface area contributed by atoms with E-state index in [0.29, 0.717) is 42.8 Å². The highest BCUT2D eigenvalue weighted by atomic mass is 35.5. The smallest absolute Gasteiger partial charge is 0.228 e. The first-order valence-corrected chi connectivity index (χ1v) is 9.40. The van der Waals surface area contributed by atoms with Crippen molar-refractivity contribution in [2.24, 2.45) is 11.7 Å². The molecule has 144 valence electrons. The molecular weight excluding hydrogens is 368 g/mol. The van der Waals surface area contributed by atoms with Crippen molar-refractivity contribution in [2.75, 3.05) is 26.2 Å². The predicted octanol–water partition coefficient (Wildman–Crippen LogP) is 1.85. The molecule has 0 bridgehead atoms. The Kier molecular flexibility index (Phi) is 6.47. The van der Waals surface area contributed by atoms with Crippen molar-refractivity contribution in [2.45, 2.75) is 19.3 Å². The number of amides is 2. The second-order valence-corrected chi connectivity index (χ2v) is 7.02. The summed E-state index contributed by atoms with van der Waals surface area (Å²) in [5.74, 6) is 0.176. The molecule has 0 spiro atoms. The molecule has 0 aliphatic carbocycles. The fraction of sp³-hybridized carbons (Fsp3) is 0.421. The van der Waals surface area contributed by atoms with Gasteiger partial charge in [0, 0.05) is 36.8 Å². The molecule has 1 aliphatic rings. The third-order valence-electron chi connectivity index (χ3n) is 4.56. The highest BCUT2D eigenvalue weighted by Gasteiger charge is 2.28. The van der Waals surface area contributed by atoms with Gasteiger partial charge >= 0.3 is 0 Å². The highest BCUT2D eigenvalue weighted by molar-refractivity contribution is 6.30. The number of carbonyl (C=O) groups excluding carboxylic acids is 2. The number of hydrogen-bond donors (Lipinski definition) is 2. The number of oxazole rings is 1. The van der Waals surface area contributed by atoms with E-state index in [0.717, 1.165) is 18.4 Å². The molecule has 27 heavy (non-hydrogen) atoms. The Bertz CT molecular complexity index is 791. The van der Waals surface area contributed by atoms with Crippen molar-refractivity contribution >= 4 is 23.4 Å². The highest BCUT2D eigenvalue weighted by Crippen LogP contribution is 2.22. The quantitative estimate of drug-likeness (QED) is 0.783. The molecule has 2 aromatic rings. The van der Waals surface area contributed by atoms with Gasteiger partial charge < -0.3 is 20.4 Å². The standard InChI is InChI=1S/C19H23ClN4O3/c20-15-5-3-13(4-6-15)19-23-16(12-27-19)10-17(25)24-9-1-2-14(11-24)18(26)22-8-7-21/h3-6,12,14H,1-2,7-11,21H2,(H,22,26). The van der Waals surface area contributed by atoms with Crippen LogP contribution in [0.1, 0.15) is 18.5 Å². The maximum atomic E-state index is 12.6. The predicted molar refractivity (Wildman–Crippen MR) is 102 cm³/mol. The molecule has 3 rings (SSSR count). The molecule has 1 aromatic heterocycles. The van der Waals surface area contributed by atoms with Crippen LogP contribution in [0.3, 0.4) is 0 Å². The van der Waals surface area contributed by atoms with Gasteiger partial charge in [-0.2, -0.15) is 0 Å². The van der Waals surface area contributed by atoms with Gasteiger partial charge in [0.05, 0.1) is 18.0 Å². The van der Waals surface area contributed by atoms with Gasteiger partial charge in [0.25, 0.3) is 0 Å². The summed E-state index contributed by atoms with van der Waals surface area (Å²) >= 11 is 5.89. The molecule has 0 radical (unpaired) electrons. The molecule has 1 fully saturated rings. The van der Waals surface area contributed by atoms with Crippen molar-refractivity contribution in [3.8, 4) is 11.5 Å². The topological polar surface area (TPSA) is 101 Å². The van der Waals surface area contributed by atoms with Crippen molar-refractivity contribution in [1.29, 1.82) is 0 Å². The summed E-state index contributed by atoms with van der Waals surface area (Å²) in [5, 5.41) is 3.43. The summed E-state index contributed by atoms with van der Waals surface area (Å²) in [4.78, 5) is 30.9. The van der Waals surface area contributed by atoms with E-state index in [4.69, 9.17) is 21.8 Å². The average Bonchev–Trinajstić information content (AvgIpc) is 3.15. The van der Waals surface area contributed by atoms with Gasteiger partial charge in [-0.05, 0) is 37.1 Å². The molecule has 2 heterocycles. The summed E-state index contributed by atoms with van der Waals surface area (Å²) in [6.07, 6.45) is 3.23. The number of likely N-dealkylation sites (tertiary alicyclic amines) is 1. The maximum Gasteiger partial charge on any atom is 0.228 e. The zero-order chi connectivity index (χ0) is 19.2. The largest absolute Gasteiger partial charge is 0.444 e. The lowest BCUT2D eigenvalue weighted by atomic mass is 9.96. The van der Waals surface area contributed by atoms with E-state index in [2.05, 4.69) is 10.3 Å². The molecule has 8 heteroatoms. The zero-order valence-corrected chi connectivity index (χ0v) is 15.7. The molecule has 1 aliphatic heterocycles. The van der Waals surface area contributed by atoms with Gasteiger partial charge in [-0.3, -0.25) is 9.59 Å². The summed E-state index contributed by atoms with van der Waals surface area (Å²) in [5.41, 5.74) is 6.79. The van der Waals surface area contributed by atoms with Crippen LogP contribution in [-0.2, 0) is 16.0 Å². The molecule has 3 N–H and O–H groups in total. The first-order valence-electron chi connectivity index (χ1n) is 9.02. The van der Waals surface area contributed by atoms with Crippen LogP contribution in [0.5, 0.6) is 0 Å². The van der Waals surface area contributed by atoms with Crippen molar-refractivity contribution in [1.82, 2.24) is 15.2 Å². The Morgan fingerprint density at radius 2 is 2.11 bits per heavy atom. The van der Waals surface area contributed by atoms with E-state index in [1.54, 1.807) is 17.0 Å². The van der Waals surface area contributed by atoms with Crippen molar-refractivity contribution in [3.05, 3.63) is 41.2 Å². The van der Waals surface area contributed by atoms with Crippen LogP contribution in [0.2, 0.25) is 5.02 Å². The number of nitrogens with zero attached hydrogens (tertiary/aromatic N) is 2. The van der Waals surface area contributed by atoms with Gasteiger partial charge in [0.15, 0.2) is 0 Å². The lowest BCUT2D eigenvalue weighted by Gasteiger charge is -2.32. The molecule has 0 saturated carbocycles. The monoisotopic (exact) mass is 390 g/mol. The maximum absolute atomic E-state index is 12.6. The minimum absolute atomic E-state index is 0.0376. The van der Waals surface area contributed by atoms with Crippen LogP contribution < -0.4 is 11.1 Å². The Morgan fingerprint density at radius 1 is 1.33 bits per heavy atom. The van der Waals surface area contributed by atoms with Gasteiger partial charge in [-0.1, -0.05) is 11.6 Å². The number of aromatic nitrogens is 1. The summed E-state index contributed by atoms with van der Waals surface area (Å²) in [6.45, 7) is 1.94. The minimum Gasteiger partial charge on any atom is -0.444 e. The molecule has 7 nitrogen and oxygen atoms in total. The third-order valence-corrected chi connectivity index (χ3v) is 4.82. The first-order chi connectivity index (χ1) is 13.1. The van der Waals surface area contributed by atoms with E-state index >= 15 is 0 Å². The van der Waals surface area contributed by atoms with Gasteiger partial charge in [-0.15, -0.1) is 0 Å². The zero-order valence-electron chi connectivity index (χ0n) is 15.0. The normalized spacial score (nSPS) is 17.0. The SMILES string of the molecule is NCCNC(=O)C1CCCN(C(=O)Cc2coc(-c3ccc(Cl)cc3)n2)C1. The van der Waals surface area contributed by atoms with Crippen LogP contribution in [0.25, 0.3) is 11.5 Å². The lowest BCUT2D eigenvalue weighted by Crippen LogP contribution is -2.46. The summed E-state index contributed by atoms with van der Waals surface area (Å²) in [6, 6.07) is 7.15. The van der Waals surface area contributed by atoms with E-state index in [1.165, 1.54) is 6.26 Å². The Morgan fingerprint density at radius 3 is 2.85 bits per heavy atom. The van der Waals surface area contributed by atoms with Crippen LogP contribution in [-0.4, -0.2) is 47.9 Å². The number of nitrogens with two attached hydrogens (primary N) is 1. The molecule has 2 amide bonds. The number of carbonyl (C=O) groups is 2. The lowest BCUT2D eigenvalue weighted by molar-refractivity contribution is -0.135. The third kappa shape index (κ3) is 5.08. The summed E-state index contributed by atoms with van der Waals surface area (Å²) in [7, 11) is 0. The molecule has 1 saturated heterocycles. The molecule has 1 aromatic carbocycles. The number of piperidine rings is 1. The van der Waals surface area contributed by atoms with Crippen molar-refractivity contribution in [3.63, 3.8) is 0 Å². The van der Waals surface area contributed by atoms with E-state index < -0.39 is 0 Å². The molecular formula is C19H23ClN4O3. The summed E-state index contributed by atoms with van der Waals surface area (Å²) < 4.78 is 5.48. The molecule has 1 atom stereocenters. The Hall–Kier alpha value is -2.38. The average molecular weight is 391 g/mol. The fourth-order valence-corrected chi connectivity index (χ4v) is 3.26.